The minimum atomic E-state index is -0.333. The van der Waals surface area contributed by atoms with Gasteiger partial charge in [0.25, 0.3) is 0 Å². The zero-order valence-electron chi connectivity index (χ0n) is 16.8. The van der Waals surface area contributed by atoms with E-state index < -0.39 is 0 Å². The molecule has 0 saturated heterocycles. The molecule has 0 spiro atoms. The van der Waals surface area contributed by atoms with Crippen molar-refractivity contribution in [2.75, 3.05) is 18.8 Å². The zero-order chi connectivity index (χ0) is 20.6. The van der Waals surface area contributed by atoms with Crippen LogP contribution in [0.1, 0.15) is 50.3 Å². The third kappa shape index (κ3) is 5.25. The van der Waals surface area contributed by atoms with Gasteiger partial charge in [-0.3, -0.25) is 4.99 Å². The first-order chi connectivity index (χ1) is 14.1. The number of benzene rings is 1. The summed E-state index contributed by atoms with van der Waals surface area (Å²) >= 11 is 0. The van der Waals surface area contributed by atoms with Crippen LogP contribution < -0.4 is 16.4 Å². The fourth-order valence-corrected chi connectivity index (χ4v) is 3.58. The molecule has 1 saturated carbocycles. The Hall–Kier alpha value is -3.08. The van der Waals surface area contributed by atoms with E-state index in [9.17, 15) is 9.65 Å². The van der Waals surface area contributed by atoms with Gasteiger partial charge in [0, 0.05) is 19.1 Å². The smallest absolute Gasteiger partial charge is 0.191 e. The lowest BCUT2D eigenvalue weighted by molar-refractivity contribution is 0.612. The summed E-state index contributed by atoms with van der Waals surface area (Å²) in [7, 11) is 0. The van der Waals surface area contributed by atoms with Crippen LogP contribution in [-0.4, -0.2) is 34.9 Å². The van der Waals surface area contributed by atoms with Crippen molar-refractivity contribution < 1.29 is 4.39 Å². The summed E-state index contributed by atoms with van der Waals surface area (Å²) in [6.07, 6.45) is 6.26. The summed E-state index contributed by atoms with van der Waals surface area (Å²) in [6, 6.07) is 8.51. The van der Waals surface area contributed by atoms with Gasteiger partial charge in [0.05, 0.1) is 11.4 Å². The monoisotopic (exact) mass is 397 g/mol. The van der Waals surface area contributed by atoms with Gasteiger partial charge in [-0.1, -0.05) is 12.8 Å². The van der Waals surface area contributed by atoms with Crippen molar-refractivity contribution in [3.05, 3.63) is 41.3 Å². The van der Waals surface area contributed by atoms with E-state index in [-0.39, 0.29) is 11.6 Å². The Kier molecular flexibility index (Phi) is 7.06. The molecule has 154 valence electrons. The van der Waals surface area contributed by atoms with Crippen molar-refractivity contribution in [1.82, 2.24) is 20.4 Å². The molecule has 1 aliphatic carbocycles. The van der Waals surface area contributed by atoms with E-state index in [4.69, 9.17) is 5.73 Å². The van der Waals surface area contributed by atoms with Gasteiger partial charge >= 0.3 is 0 Å². The molecule has 29 heavy (non-hydrogen) atoms. The topological polar surface area (TPSA) is 104 Å². The Balaban J connectivity index is 1.64. The molecule has 7 nitrogen and oxygen atoms in total. The maximum Gasteiger partial charge on any atom is 0.191 e. The Morgan fingerprint density at radius 3 is 2.72 bits per heavy atom. The minimum Gasteiger partial charge on any atom is -0.382 e. The highest BCUT2D eigenvalue weighted by molar-refractivity contribution is 5.80. The molecule has 8 heteroatoms. The molecular formula is C21H28FN7. The largest absolute Gasteiger partial charge is 0.382 e. The van der Waals surface area contributed by atoms with Crippen LogP contribution in [0.4, 0.5) is 10.2 Å². The molecule has 0 atom stereocenters. The molecule has 0 bridgehead atoms. The van der Waals surface area contributed by atoms with Gasteiger partial charge in [0.15, 0.2) is 5.96 Å². The van der Waals surface area contributed by atoms with E-state index >= 15 is 0 Å². The lowest BCUT2D eigenvalue weighted by Crippen LogP contribution is -2.42. The predicted molar refractivity (Wildman–Crippen MR) is 112 cm³/mol. The number of nitrogens with two attached hydrogens (primary N) is 1. The number of hydrogen-bond donors (Lipinski definition) is 3. The molecule has 1 heterocycles. The second-order valence-corrected chi connectivity index (χ2v) is 7.20. The van der Waals surface area contributed by atoms with E-state index in [1.54, 1.807) is 12.1 Å². The number of guanidine groups is 1. The van der Waals surface area contributed by atoms with Gasteiger partial charge in [0.2, 0.25) is 0 Å². The van der Waals surface area contributed by atoms with Gasteiger partial charge < -0.3 is 16.4 Å². The van der Waals surface area contributed by atoms with Crippen molar-refractivity contribution in [2.45, 2.75) is 51.5 Å². The standard InChI is InChI=1S/C21H28FN7/c1-2-25-21(27-16-6-3-4-7-16)26-13-5-8-19-18(14-23)20(24)29(28-19)17-11-9-15(22)10-12-17/h9-12,16H,2-8,13,24H2,1H3,(H2,25,26,27). The quantitative estimate of drug-likeness (QED) is 0.379. The highest BCUT2D eigenvalue weighted by atomic mass is 19.1. The average molecular weight is 398 g/mol. The van der Waals surface area contributed by atoms with Gasteiger partial charge in [0.1, 0.15) is 23.3 Å². The molecule has 1 aromatic carbocycles. The maximum atomic E-state index is 13.2. The van der Waals surface area contributed by atoms with Crippen molar-refractivity contribution in [2.24, 2.45) is 4.99 Å². The molecule has 0 amide bonds. The summed E-state index contributed by atoms with van der Waals surface area (Å²) in [6.45, 7) is 3.49. The van der Waals surface area contributed by atoms with Crippen LogP contribution in [0.25, 0.3) is 5.69 Å². The van der Waals surface area contributed by atoms with E-state index in [0.717, 1.165) is 18.9 Å². The number of halogens is 1. The number of nitrogens with zero attached hydrogens (tertiary/aromatic N) is 4. The highest BCUT2D eigenvalue weighted by Gasteiger charge is 2.17. The summed E-state index contributed by atoms with van der Waals surface area (Å²) in [5.74, 6) is 0.783. The summed E-state index contributed by atoms with van der Waals surface area (Å²) in [5.41, 5.74) is 7.74. The maximum absolute atomic E-state index is 13.2. The molecule has 2 aromatic rings. The van der Waals surface area contributed by atoms with Gasteiger partial charge in [-0.05, 0) is 56.9 Å². The number of nitrogen functional groups attached to an aromatic ring is 1. The van der Waals surface area contributed by atoms with Crippen molar-refractivity contribution >= 4 is 11.8 Å². The van der Waals surface area contributed by atoms with E-state index in [0.29, 0.717) is 36.0 Å². The third-order valence-electron chi connectivity index (χ3n) is 5.06. The molecule has 3 rings (SSSR count). The number of hydrogen-bond acceptors (Lipinski definition) is 4. The number of aliphatic imine (C=N–C) groups is 1. The normalized spacial score (nSPS) is 14.7. The number of aryl methyl sites for hydroxylation is 1. The van der Waals surface area contributed by atoms with Crippen LogP contribution in [0.2, 0.25) is 0 Å². The Morgan fingerprint density at radius 2 is 2.07 bits per heavy atom. The van der Waals surface area contributed by atoms with Crippen molar-refractivity contribution in [3.63, 3.8) is 0 Å². The first-order valence-electron chi connectivity index (χ1n) is 10.2. The molecule has 0 unspecified atom stereocenters. The van der Waals surface area contributed by atoms with Gasteiger partial charge in [-0.25, -0.2) is 9.07 Å². The fraction of sp³-hybridized carbons (Fsp3) is 0.476. The highest BCUT2D eigenvalue weighted by Crippen LogP contribution is 2.22. The van der Waals surface area contributed by atoms with Gasteiger partial charge in [-0.15, -0.1) is 0 Å². The SMILES string of the molecule is CCNC(=NCCCc1nn(-c2ccc(F)cc2)c(N)c1C#N)NC1CCCC1. The molecule has 1 aliphatic rings. The first-order valence-corrected chi connectivity index (χ1v) is 10.2. The number of nitriles is 1. The second-order valence-electron chi connectivity index (χ2n) is 7.20. The van der Waals surface area contributed by atoms with E-state index in [1.165, 1.54) is 42.5 Å². The Morgan fingerprint density at radius 1 is 1.34 bits per heavy atom. The summed E-state index contributed by atoms with van der Waals surface area (Å²) < 4.78 is 14.7. The van der Waals surface area contributed by atoms with Crippen LogP contribution in [0.3, 0.4) is 0 Å². The van der Waals surface area contributed by atoms with E-state index in [2.05, 4.69) is 33.7 Å². The Bertz CT molecular complexity index is 874. The lowest BCUT2D eigenvalue weighted by atomic mass is 10.1. The molecule has 0 aliphatic heterocycles. The number of aromatic nitrogens is 2. The average Bonchev–Trinajstić information content (AvgIpc) is 3.33. The lowest BCUT2D eigenvalue weighted by Gasteiger charge is -2.16. The van der Waals surface area contributed by atoms with Crippen LogP contribution in [-0.2, 0) is 6.42 Å². The first kappa shape index (κ1) is 20.6. The number of nitrogens with one attached hydrogen (secondary N) is 2. The Labute approximate surface area is 170 Å². The van der Waals surface area contributed by atoms with Crippen LogP contribution in [0, 0.1) is 17.1 Å². The van der Waals surface area contributed by atoms with Crippen LogP contribution in [0.15, 0.2) is 29.3 Å². The second kappa shape index (κ2) is 9.92. The summed E-state index contributed by atoms with van der Waals surface area (Å²) in [5, 5.41) is 20.8. The molecule has 1 fully saturated rings. The molecular weight excluding hydrogens is 369 g/mol. The number of rotatable bonds is 7. The van der Waals surface area contributed by atoms with Crippen LogP contribution >= 0.6 is 0 Å². The zero-order valence-corrected chi connectivity index (χ0v) is 16.8. The number of anilines is 1. The minimum absolute atomic E-state index is 0.272. The van der Waals surface area contributed by atoms with E-state index in [1.807, 2.05) is 0 Å². The predicted octanol–water partition coefficient (Wildman–Crippen LogP) is 2.90. The molecule has 4 N–H and O–H groups in total. The third-order valence-corrected chi connectivity index (χ3v) is 5.06. The van der Waals surface area contributed by atoms with Crippen LogP contribution in [0.5, 0.6) is 0 Å². The van der Waals surface area contributed by atoms with Crippen molar-refractivity contribution in [1.29, 1.82) is 5.26 Å². The van der Waals surface area contributed by atoms with Crippen molar-refractivity contribution in [3.8, 4) is 11.8 Å². The fourth-order valence-electron chi connectivity index (χ4n) is 3.58. The molecule has 1 aromatic heterocycles. The van der Waals surface area contributed by atoms with Gasteiger partial charge in [-0.2, -0.15) is 10.4 Å². The summed E-state index contributed by atoms with van der Waals surface area (Å²) in [4.78, 5) is 4.65. The molecule has 0 radical (unpaired) electrons.